The molecule has 16 N–H and O–H groups in total. The second-order valence-electron chi connectivity index (χ2n) is 0. The second-order valence-corrected chi connectivity index (χ2v) is 0. The van der Waals surface area contributed by atoms with Crippen LogP contribution in [-0.2, 0) is 5.48 Å². The van der Waals surface area contributed by atoms with Crippen LogP contribution in [0.2, 0.25) is 0 Å². The molecule has 0 bridgehead atoms. The van der Waals surface area contributed by atoms with Crippen molar-refractivity contribution < 1.29 is 49.3 Å². The predicted octanol–water partition coefficient (Wildman–Crippen LogP) is -7.10. The van der Waals surface area contributed by atoms with Crippen LogP contribution in [0, 0.1) is 0 Å². The van der Waals surface area contributed by atoms with Crippen molar-refractivity contribution in [2.45, 2.75) is 0 Å². The molecule has 10 heteroatoms. The summed E-state index contributed by atoms with van der Waals surface area (Å²) in [5.41, 5.74) is 0. The molecule has 0 saturated carbocycles. The van der Waals surface area contributed by atoms with Crippen molar-refractivity contribution in [3.8, 4) is 0 Å². The molecule has 10 heavy (non-hydrogen) atoms. The summed E-state index contributed by atoms with van der Waals surface area (Å²) in [5.74, 6) is 0. The van der Waals surface area contributed by atoms with E-state index in [4.69, 9.17) is 0 Å². The van der Waals surface area contributed by atoms with Gasteiger partial charge in [0.1, 0.15) is 0 Å². The molecule has 0 aliphatic carbocycles. The Labute approximate surface area is 94.1 Å². The summed E-state index contributed by atoms with van der Waals surface area (Å²) in [4.78, 5) is 0. The number of hydrogen-bond donors (Lipinski definition) is 0. The van der Waals surface area contributed by atoms with Gasteiger partial charge in [-0.1, -0.05) is 0 Å². The molecule has 0 spiro atoms. The third kappa shape index (κ3) is 479. The summed E-state index contributed by atoms with van der Waals surface area (Å²) in [6.07, 6.45) is 0. The number of rotatable bonds is 0. The van der Waals surface area contributed by atoms with Gasteiger partial charge in [0, 0.05) is 0 Å². The first-order chi connectivity index (χ1) is 0. The van der Waals surface area contributed by atoms with Gasteiger partial charge < -0.3 is 49.3 Å². The summed E-state index contributed by atoms with van der Waals surface area (Å²) in [6.45, 7) is 0. The zero-order valence-electron chi connectivity index (χ0n) is 5.12. The van der Waals surface area contributed by atoms with Gasteiger partial charge in [-0.25, -0.2) is 0 Å². The molecule has 0 fully saturated rings. The fourth-order valence-electron chi connectivity index (χ4n) is 0. The predicted molar refractivity (Wildman–Crippen MR) is 35.4 cm³/mol. The van der Waals surface area contributed by atoms with Gasteiger partial charge in [0.25, 0.3) is 0 Å². The Morgan fingerprint density at radius 1 is 0.300 bits per heavy atom. The molecule has 0 radical (unpaired) electrons. The van der Waals surface area contributed by atoms with Crippen LogP contribution in [0.25, 0.3) is 0 Å². The topological polar surface area (TPSA) is 280 Å². The largest absolute Gasteiger partial charge is 2.00 e. The molecule has 0 heterocycles. The molecule has 0 aliphatic rings. The maximum Gasteiger partial charge on any atom is 2.00 e. The van der Waals surface area contributed by atoms with Gasteiger partial charge >= 0.3 is 45.5 Å². The molecule has 0 amide bonds. The molecular weight excluding hydrogens is 232 g/mol. The Balaban J connectivity index is 0. The average molecular weight is 248 g/mol. The van der Waals surface area contributed by atoms with Crippen LogP contribution >= 0.6 is 0 Å². The minimum Gasteiger partial charge on any atom is -2.00 e. The van der Waals surface area contributed by atoms with Crippen LogP contribution in [-0.4, -0.2) is 89.3 Å². The molecule has 0 aromatic carbocycles. The smallest absolute Gasteiger partial charge is 2.00 e. The fraction of sp³-hybridized carbons (Fsp3) is 0. The normalized spacial score (nSPS) is 0. The molecule has 0 saturated heterocycles. The Kier molecular flexibility index (Phi) is 60800. The van der Waals surface area contributed by atoms with Crippen molar-refractivity contribution in [2.75, 3.05) is 0 Å². The Morgan fingerprint density at radius 2 is 0.300 bits per heavy atom. The maximum absolute atomic E-state index is 0. The molecule has 0 aromatic heterocycles. The van der Waals surface area contributed by atoms with Crippen molar-refractivity contribution in [1.29, 1.82) is 0 Å². The fourth-order valence-corrected chi connectivity index (χ4v) is 0. The van der Waals surface area contributed by atoms with Crippen LogP contribution in [0.4, 0.5) is 0 Å². The van der Waals surface area contributed by atoms with E-state index in [0.717, 1.165) is 0 Å². The van der Waals surface area contributed by atoms with Crippen LogP contribution in [0.5, 0.6) is 0 Å². The third-order valence-corrected chi connectivity index (χ3v) is 0. The van der Waals surface area contributed by atoms with Crippen molar-refractivity contribution in [3.05, 3.63) is 0 Å². The molecule has 0 rings (SSSR count). The van der Waals surface area contributed by atoms with Crippen LogP contribution in [0.15, 0.2) is 0 Å². The van der Waals surface area contributed by atoms with Crippen molar-refractivity contribution in [1.82, 2.24) is 0 Å². The van der Waals surface area contributed by atoms with Gasteiger partial charge in [0.05, 0.1) is 0 Å². The second kappa shape index (κ2) is 671. The first-order valence-electron chi connectivity index (χ1n) is 0. The standard InChI is InChI=1S/8H2O.O.Sr/h8*1H2;;/q;;;;;;;;-2;+2. The number of hydrogen-bond acceptors (Lipinski definition) is 0. The molecule has 9 nitrogen and oxygen atoms in total. The quantitative estimate of drug-likeness (QED) is 0.360. The molecule has 0 aromatic rings. The monoisotopic (exact) mass is 248 g/mol. The minimum atomic E-state index is 0. The van der Waals surface area contributed by atoms with Gasteiger partial charge in [-0.15, -0.1) is 0 Å². The van der Waals surface area contributed by atoms with Crippen LogP contribution in [0.1, 0.15) is 0 Å². The van der Waals surface area contributed by atoms with E-state index < -0.39 is 0 Å². The zero-order chi connectivity index (χ0) is 0. The van der Waals surface area contributed by atoms with Gasteiger partial charge in [-0.3, -0.25) is 0 Å². The van der Waals surface area contributed by atoms with E-state index in [9.17, 15) is 0 Å². The molecule has 0 atom stereocenters. The first kappa shape index (κ1) is 907. The van der Waals surface area contributed by atoms with Gasteiger partial charge in [-0.2, -0.15) is 0 Å². The van der Waals surface area contributed by atoms with Gasteiger partial charge in [0.2, 0.25) is 0 Å². The van der Waals surface area contributed by atoms with E-state index in [1.54, 1.807) is 0 Å². The van der Waals surface area contributed by atoms with Crippen molar-refractivity contribution in [2.24, 2.45) is 0 Å². The Bertz CT molecular complexity index is 4.69. The third-order valence-electron chi connectivity index (χ3n) is 0. The molecule has 0 aliphatic heterocycles. The SMILES string of the molecule is O.O.O.O.O.O.O.O.[O-2].[Sr+2]. The van der Waals surface area contributed by atoms with Crippen LogP contribution in [0.3, 0.4) is 0 Å². The summed E-state index contributed by atoms with van der Waals surface area (Å²) >= 11 is 0. The van der Waals surface area contributed by atoms with Crippen LogP contribution < -0.4 is 0 Å². The average Bonchev–Trinajstić information content (AvgIpc) is 0. The summed E-state index contributed by atoms with van der Waals surface area (Å²) in [6, 6.07) is 0. The van der Waals surface area contributed by atoms with Gasteiger partial charge in [0.15, 0.2) is 0 Å². The first-order valence-corrected chi connectivity index (χ1v) is 0. The molecular formula is H16O9Sr. The van der Waals surface area contributed by atoms with E-state index >= 15 is 0 Å². The molecule has 0 unspecified atom stereocenters. The Hall–Kier alpha value is 1.12. The summed E-state index contributed by atoms with van der Waals surface area (Å²) in [5, 5.41) is 0. The zero-order valence-corrected chi connectivity index (χ0v) is 8.59. The molecule has 72 valence electrons. The van der Waals surface area contributed by atoms with E-state index in [1.165, 1.54) is 0 Å². The van der Waals surface area contributed by atoms with Crippen molar-refractivity contribution in [3.63, 3.8) is 0 Å². The van der Waals surface area contributed by atoms with E-state index in [1.807, 2.05) is 0 Å². The Morgan fingerprint density at radius 3 is 0.300 bits per heavy atom. The maximum atomic E-state index is 0. The van der Waals surface area contributed by atoms with Crippen molar-refractivity contribution >= 4 is 45.5 Å². The van der Waals surface area contributed by atoms with Gasteiger partial charge in [-0.05, 0) is 0 Å². The van der Waals surface area contributed by atoms with E-state index in [-0.39, 0.29) is 94.8 Å². The minimum absolute atomic E-state index is 0. The summed E-state index contributed by atoms with van der Waals surface area (Å²) < 4.78 is 0. The van der Waals surface area contributed by atoms with E-state index in [2.05, 4.69) is 0 Å². The summed E-state index contributed by atoms with van der Waals surface area (Å²) in [7, 11) is 0. The van der Waals surface area contributed by atoms with E-state index in [0.29, 0.717) is 0 Å².